The van der Waals surface area contributed by atoms with Gasteiger partial charge in [0, 0.05) is 23.5 Å². The highest BCUT2D eigenvalue weighted by molar-refractivity contribution is 6.07. The highest BCUT2D eigenvalue weighted by Crippen LogP contribution is 2.21. The van der Waals surface area contributed by atoms with Gasteiger partial charge in [0.1, 0.15) is 5.82 Å². The largest absolute Gasteiger partial charge is 0.352 e. The van der Waals surface area contributed by atoms with Crippen molar-refractivity contribution in [3.63, 3.8) is 0 Å². The molecule has 0 radical (unpaired) electrons. The molecular weight excluding hydrogens is 267 g/mol. The average Bonchev–Trinajstić information content (AvgIpc) is 3.01. The van der Waals surface area contributed by atoms with Crippen LogP contribution in [0.4, 0.5) is 4.39 Å². The predicted octanol–water partition coefficient (Wildman–Crippen LogP) is 2.85. The molecule has 1 aliphatic rings. The maximum absolute atomic E-state index is 13.7. The lowest BCUT2D eigenvalue weighted by Gasteiger charge is -2.12. The van der Waals surface area contributed by atoms with Crippen LogP contribution in [0.3, 0.4) is 0 Å². The van der Waals surface area contributed by atoms with E-state index in [0.717, 1.165) is 13.0 Å². The van der Waals surface area contributed by atoms with Crippen molar-refractivity contribution in [1.29, 1.82) is 0 Å². The SMILES string of the molecule is O=C(NCC[C@@H]1CCCN1)c1ccc(F)c2ccccc12. The van der Waals surface area contributed by atoms with Gasteiger partial charge in [-0.05, 0) is 43.3 Å². The summed E-state index contributed by atoms with van der Waals surface area (Å²) in [7, 11) is 0. The second-order valence-corrected chi connectivity index (χ2v) is 5.48. The van der Waals surface area contributed by atoms with E-state index in [9.17, 15) is 9.18 Å². The van der Waals surface area contributed by atoms with E-state index in [2.05, 4.69) is 10.6 Å². The third kappa shape index (κ3) is 3.05. The van der Waals surface area contributed by atoms with Crippen molar-refractivity contribution < 1.29 is 9.18 Å². The lowest BCUT2D eigenvalue weighted by atomic mass is 10.0. The molecule has 3 rings (SSSR count). The Hall–Kier alpha value is -1.94. The van der Waals surface area contributed by atoms with Gasteiger partial charge in [0.15, 0.2) is 0 Å². The number of nitrogens with one attached hydrogen (secondary N) is 2. The van der Waals surface area contributed by atoms with Crippen LogP contribution in [0, 0.1) is 5.82 Å². The molecular formula is C17H19FN2O. The van der Waals surface area contributed by atoms with Crippen LogP contribution in [-0.2, 0) is 0 Å². The maximum Gasteiger partial charge on any atom is 0.251 e. The van der Waals surface area contributed by atoms with Crippen molar-refractivity contribution >= 4 is 16.7 Å². The van der Waals surface area contributed by atoms with Crippen molar-refractivity contribution in [1.82, 2.24) is 10.6 Å². The van der Waals surface area contributed by atoms with E-state index in [-0.39, 0.29) is 11.7 Å². The minimum Gasteiger partial charge on any atom is -0.352 e. The molecule has 4 heteroatoms. The fourth-order valence-corrected chi connectivity index (χ4v) is 2.92. The molecule has 1 saturated heterocycles. The first-order chi connectivity index (χ1) is 10.3. The van der Waals surface area contributed by atoms with Crippen molar-refractivity contribution in [2.45, 2.75) is 25.3 Å². The minimum atomic E-state index is -0.294. The van der Waals surface area contributed by atoms with E-state index >= 15 is 0 Å². The number of carbonyl (C=O) groups is 1. The Balaban J connectivity index is 1.71. The van der Waals surface area contributed by atoms with Crippen molar-refractivity contribution in [2.75, 3.05) is 13.1 Å². The van der Waals surface area contributed by atoms with Crippen molar-refractivity contribution in [3.05, 3.63) is 47.8 Å². The second kappa shape index (κ2) is 6.22. The highest BCUT2D eigenvalue weighted by Gasteiger charge is 2.15. The third-order valence-corrected chi connectivity index (χ3v) is 4.06. The number of rotatable bonds is 4. The standard InChI is InChI=1S/C17H19FN2O/c18-16-8-7-15(13-5-1-2-6-14(13)16)17(21)20-11-9-12-4-3-10-19-12/h1-2,5-8,12,19H,3-4,9-11H2,(H,20,21)/t12-/m0/s1. The summed E-state index contributed by atoms with van der Waals surface area (Å²) in [5, 5.41) is 7.49. The van der Waals surface area contributed by atoms with Gasteiger partial charge in [-0.2, -0.15) is 0 Å². The highest BCUT2D eigenvalue weighted by atomic mass is 19.1. The van der Waals surface area contributed by atoms with Gasteiger partial charge in [-0.1, -0.05) is 24.3 Å². The lowest BCUT2D eigenvalue weighted by Crippen LogP contribution is -2.30. The van der Waals surface area contributed by atoms with Gasteiger partial charge in [-0.3, -0.25) is 4.79 Å². The van der Waals surface area contributed by atoms with Gasteiger partial charge in [0.2, 0.25) is 0 Å². The molecule has 2 aromatic carbocycles. The van der Waals surface area contributed by atoms with E-state index in [1.54, 1.807) is 24.3 Å². The molecule has 1 fully saturated rings. The molecule has 1 amide bonds. The molecule has 0 unspecified atom stereocenters. The summed E-state index contributed by atoms with van der Waals surface area (Å²) < 4.78 is 13.7. The zero-order chi connectivity index (χ0) is 14.7. The smallest absolute Gasteiger partial charge is 0.251 e. The van der Waals surface area contributed by atoms with Crippen molar-refractivity contribution in [2.24, 2.45) is 0 Å². The Morgan fingerprint density at radius 2 is 2.05 bits per heavy atom. The molecule has 0 bridgehead atoms. The minimum absolute atomic E-state index is 0.135. The van der Waals surface area contributed by atoms with E-state index < -0.39 is 0 Å². The monoisotopic (exact) mass is 286 g/mol. The number of carbonyl (C=O) groups excluding carboxylic acids is 1. The molecule has 3 nitrogen and oxygen atoms in total. The summed E-state index contributed by atoms with van der Waals surface area (Å²) in [6, 6.07) is 10.5. The first-order valence-corrected chi connectivity index (χ1v) is 7.44. The van der Waals surface area contributed by atoms with Gasteiger partial charge in [-0.15, -0.1) is 0 Å². The van der Waals surface area contributed by atoms with Crippen LogP contribution >= 0.6 is 0 Å². The summed E-state index contributed by atoms with van der Waals surface area (Å²) >= 11 is 0. The number of fused-ring (bicyclic) bond motifs is 1. The normalized spacial score (nSPS) is 18.0. The zero-order valence-electron chi connectivity index (χ0n) is 11.9. The Morgan fingerprint density at radius 1 is 1.24 bits per heavy atom. The average molecular weight is 286 g/mol. The van der Waals surface area contributed by atoms with Gasteiger partial charge in [0.25, 0.3) is 5.91 Å². The first kappa shape index (κ1) is 14.0. The molecule has 110 valence electrons. The summed E-state index contributed by atoms with van der Waals surface area (Å²) in [5.41, 5.74) is 0.534. The third-order valence-electron chi connectivity index (χ3n) is 4.06. The van der Waals surface area contributed by atoms with Gasteiger partial charge < -0.3 is 10.6 Å². The molecule has 0 aromatic heterocycles. The fourth-order valence-electron chi connectivity index (χ4n) is 2.92. The van der Waals surface area contributed by atoms with Crippen LogP contribution in [0.2, 0.25) is 0 Å². The number of benzene rings is 2. The molecule has 21 heavy (non-hydrogen) atoms. The van der Waals surface area contributed by atoms with Crippen LogP contribution < -0.4 is 10.6 Å². The van der Waals surface area contributed by atoms with Crippen LogP contribution in [0.1, 0.15) is 29.6 Å². The van der Waals surface area contributed by atoms with Gasteiger partial charge in [0.05, 0.1) is 0 Å². The van der Waals surface area contributed by atoms with Gasteiger partial charge in [-0.25, -0.2) is 4.39 Å². The van der Waals surface area contributed by atoms with Crippen LogP contribution in [0.25, 0.3) is 10.8 Å². The Labute approximate surface area is 123 Å². The topological polar surface area (TPSA) is 41.1 Å². The lowest BCUT2D eigenvalue weighted by molar-refractivity contribution is 0.0954. The maximum atomic E-state index is 13.7. The van der Waals surface area contributed by atoms with E-state index in [4.69, 9.17) is 0 Å². The van der Waals surface area contributed by atoms with E-state index in [0.29, 0.717) is 28.9 Å². The predicted molar refractivity (Wildman–Crippen MR) is 81.9 cm³/mol. The molecule has 2 aromatic rings. The fraction of sp³-hybridized carbons (Fsp3) is 0.353. The molecule has 0 saturated carbocycles. The van der Waals surface area contributed by atoms with Crippen molar-refractivity contribution in [3.8, 4) is 0 Å². The number of amides is 1. The zero-order valence-corrected chi connectivity index (χ0v) is 11.9. The first-order valence-electron chi connectivity index (χ1n) is 7.44. The molecule has 2 N–H and O–H groups in total. The molecule has 1 atom stereocenters. The molecule has 0 spiro atoms. The summed E-state index contributed by atoms with van der Waals surface area (Å²) in [6.07, 6.45) is 3.32. The van der Waals surface area contributed by atoms with E-state index in [1.807, 2.05) is 6.07 Å². The number of halogens is 1. The summed E-state index contributed by atoms with van der Waals surface area (Å²) in [6.45, 7) is 1.71. The Morgan fingerprint density at radius 3 is 2.81 bits per heavy atom. The molecule has 0 aliphatic carbocycles. The summed E-state index contributed by atoms with van der Waals surface area (Å²) in [4.78, 5) is 12.3. The number of hydrogen-bond acceptors (Lipinski definition) is 2. The Bertz CT molecular complexity index is 650. The molecule has 1 heterocycles. The Kier molecular flexibility index (Phi) is 4.15. The molecule has 1 aliphatic heterocycles. The summed E-state index contributed by atoms with van der Waals surface area (Å²) in [5.74, 6) is -0.429. The van der Waals surface area contributed by atoms with Crippen LogP contribution in [0.15, 0.2) is 36.4 Å². The number of hydrogen-bond donors (Lipinski definition) is 2. The quantitative estimate of drug-likeness (QED) is 0.907. The van der Waals surface area contributed by atoms with Crippen LogP contribution in [-0.4, -0.2) is 25.0 Å². The van der Waals surface area contributed by atoms with Crippen LogP contribution in [0.5, 0.6) is 0 Å². The van der Waals surface area contributed by atoms with E-state index in [1.165, 1.54) is 18.9 Å². The van der Waals surface area contributed by atoms with Gasteiger partial charge >= 0.3 is 0 Å². The second-order valence-electron chi connectivity index (χ2n) is 5.48.